The normalized spacial score (nSPS) is 13.3. The van der Waals surface area contributed by atoms with Crippen LogP contribution in [0.25, 0.3) is 5.69 Å². The maximum Gasteiger partial charge on any atom is 0.453 e. The maximum atomic E-state index is 12.9. The van der Waals surface area contributed by atoms with Crippen molar-refractivity contribution < 1.29 is 21.6 Å². The molecule has 24 heavy (non-hydrogen) atoms. The van der Waals surface area contributed by atoms with Crippen LogP contribution in [0, 0.1) is 5.41 Å². The first-order valence-electron chi connectivity index (χ1n) is 6.94. The summed E-state index contributed by atoms with van der Waals surface area (Å²) in [6, 6.07) is 5.09. The lowest BCUT2D eigenvalue weighted by Crippen LogP contribution is -2.15. The molecule has 2 rings (SSSR count). The van der Waals surface area contributed by atoms with Gasteiger partial charge in [0.05, 0.1) is 10.6 Å². The van der Waals surface area contributed by atoms with Crippen LogP contribution >= 0.6 is 0 Å². The predicted molar refractivity (Wildman–Crippen MR) is 80.9 cm³/mol. The van der Waals surface area contributed by atoms with Crippen LogP contribution in [0.1, 0.15) is 32.4 Å². The Morgan fingerprint density at radius 1 is 1.12 bits per heavy atom. The molecule has 0 aliphatic rings. The highest BCUT2D eigenvalue weighted by molar-refractivity contribution is 7.89. The largest absolute Gasteiger partial charge is 0.453 e. The summed E-state index contributed by atoms with van der Waals surface area (Å²) in [5.74, 6) is -1.10. The van der Waals surface area contributed by atoms with E-state index in [0.29, 0.717) is 0 Å². The number of nitrogens with two attached hydrogens (primary N) is 1. The zero-order valence-electron chi connectivity index (χ0n) is 13.3. The molecule has 0 unspecified atom stereocenters. The van der Waals surface area contributed by atoms with Crippen LogP contribution in [-0.4, -0.2) is 23.2 Å². The minimum atomic E-state index is -4.67. The highest BCUT2D eigenvalue weighted by atomic mass is 32.2. The third-order valence-electron chi connectivity index (χ3n) is 3.03. The smallest absolute Gasteiger partial charge is 0.225 e. The van der Waals surface area contributed by atoms with E-state index in [1.165, 1.54) is 24.3 Å². The van der Waals surface area contributed by atoms with Gasteiger partial charge in [0.2, 0.25) is 10.0 Å². The summed E-state index contributed by atoms with van der Waals surface area (Å²) >= 11 is 0. The number of benzene rings is 1. The number of hydrogen-bond donors (Lipinski definition) is 1. The minimum Gasteiger partial charge on any atom is -0.225 e. The Balaban J connectivity index is 2.53. The number of primary sulfonamides is 1. The average Bonchev–Trinajstić information content (AvgIpc) is 2.79. The molecule has 132 valence electrons. The van der Waals surface area contributed by atoms with Crippen LogP contribution in [0.15, 0.2) is 29.2 Å². The van der Waals surface area contributed by atoms with E-state index < -0.39 is 22.0 Å². The molecule has 0 aliphatic carbocycles. The molecule has 0 bridgehead atoms. The third kappa shape index (κ3) is 4.32. The Morgan fingerprint density at radius 2 is 1.67 bits per heavy atom. The van der Waals surface area contributed by atoms with Crippen molar-refractivity contribution in [2.75, 3.05) is 0 Å². The molecular weight excluding hydrogens is 345 g/mol. The Kier molecular flexibility index (Phi) is 4.49. The summed E-state index contributed by atoms with van der Waals surface area (Å²) in [7, 11) is -3.88. The van der Waals surface area contributed by atoms with E-state index in [1.807, 2.05) is 20.8 Å². The molecule has 0 amide bonds. The molecule has 0 saturated heterocycles. The second-order valence-electron chi connectivity index (χ2n) is 6.54. The van der Waals surface area contributed by atoms with Gasteiger partial charge in [0.15, 0.2) is 0 Å². The topological polar surface area (TPSA) is 90.9 Å². The van der Waals surface area contributed by atoms with Crippen molar-refractivity contribution in [1.82, 2.24) is 14.8 Å². The fraction of sp³-hybridized carbons (Fsp3) is 0.429. The van der Waals surface area contributed by atoms with Crippen molar-refractivity contribution in [3.05, 3.63) is 35.9 Å². The van der Waals surface area contributed by atoms with Gasteiger partial charge in [-0.15, -0.1) is 5.10 Å². The molecule has 0 saturated carbocycles. The lowest BCUT2D eigenvalue weighted by molar-refractivity contribution is -0.144. The summed E-state index contributed by atoms with van der Waals surface area (Å²) in [5, 5.41) is 8.54. The zero-order valence-corrected chi connectivity index (χ0v) is 14.1. The maximum absolute atomic E-state index is 12.9. The van der Waals surface area contributed by atoms with Gasteiger partial charge in [-0.05, 0) is 29.7 Å². The van der Waals surface area contributed by atoms with Crippen LogP contribution in [0.2, 0.25) is 0 Å². The van der Waals surface area contributed by atoms with E-state index in [9.17, 15) is 21.6 Å². The SMILES string of the molecule is CC(C)(C)Cc1nc(C(F)(F)F)nn1-c1ccc(S(N)(=O)=O)cc1. The molecule has 1 aromatic carbocycles. The lowest BCUT2D eigenvalue weighted by Gasteiger charge is -2.17. The second-order valence-corrected chi connectivity index (χ2v) is 8.10. The van der Waals surface area contributed by atoms with E-state index in [-0.39, 0.29) is 28.2 Å². The summed E-state index contributed by atoms with van der Waals surface area (Å²) in [6.45, 7) is 5.59. The van der Waals surface area contributed by atoms with Gasteiger partial charge in [-0.3, -0.25) is 0 Å². The summed E-state index contributed by atoms with van der Waals surface area (Å²) in [4.78, 5) is 3.46. The summed E-state index contributed by atoms with van der Waals surface area (Å²) < 4.78 is 62.3. The first kappa shape index (κ1) is 18.4. The van der Waals surface area contributed by atoms with Gasteiger partial charge in [0.1, 0.15) is 5.82 Å². The molecule has 0 atom stereocenters. The van der Waals surface area contributed by atoms with Gasteiger partial charge in [-0.1, -0.05) is 20.8 Å². The average molecular weight is 362 g/mol. The fourth-order valence-electron chi connectivity index (χ4n) is 2.04. The Morgan fingerprint density at radius 3 is 2.08 bits per heavy atom. The van der Waals surface area contributed by atoms with Gasteiger partial charge in [0, 0.05) is 6.42 Å². The molecule has 0 fully saturated rings. The third-order valence-corrected chi connectivity index (χ3v) is 3.96. The van der Waals surface area contributed by atoms with E-state index in [0.717, 1.165) is 4.68 Å². The molecule has 6 nitrogen and oxygen atoms in total. The van der Waals surface area contributed by atoms with Gasteiger partial charge in [-0.2, -0.15) is 13.2 Å². The second kappa shape index (κ2) is 5.85. The molecule has 10 heteroatoms. The predicted octanol–water partition coefficient (Wildman–Crippen LogP) is 2.52. The van der Waals surface area contributed by atoms with Crippen molar-refractivity contribution in [2.24, 2.45) is 10.6 Å². The van der Waals surface area contributed by atoms with Gasteiger partial charge >= 0.3 is 6.18 Å². The molecule has 1 heterocycles. The lowest BCUT2D eigenvalue weighted by atomic mass is 9.92. The van der Waals surface area contributed by atoms with E-state index >= 15 is 0 Å². The number of hydrogen-bond acceptors (Lipinski definition) is 4. The number of alkyl halides is 3. The summed E-state index contributed by atoms with van der Waals surface area (Å²) in [6.07, 6.45) is -4.41. The van der Waals surface area contributed by atoms with E-state index in [1.54, 1.807) is 0 Å². The molecule has 1 aromatic heterocycles. The number of aromatic nitrogens is 3. The fourth-order valence-corrected chi connectivity index (χ4v) is 2.55. The molecule has 2 N–H and O–H groups in total. The highest BCUT2D eigenvalue weighted by Crippen LogP contribution is 2.29. The van der Waals surface area contributed by atoms with Crippen molar-refractivity contribution in [3.63, 3.8) is 0 Å². The van der Waals surface area contributed by atoms with E-state index in [4.69, 9.17) is 5.14 Å². The zero-order chi connectivity index (χ0) is 18.3. The first-order valence-corrected chi connectivity index (χ1v) is 8.48. The van der Waals surface area contributed by atoms with Crippen molar-refractivity contribution in [2.45, 2.75) is 38.3 Å². The molecule has 0 spiro atoms. The molecule has 0 radical (unpaired) electrons. The van der Waals surface area contributed by atoms with Crippen LogP contribution in [-0.2, 0) is 22.6 Å². The van der Waals surface area contributed by atoms with Crippen LogP contribution in [0.5, 0.6) is 0 Å². The standard InChI is InChI=1S/C14H17F3N4O2S/c1-13(2,3)8-11-19-12(14(15,16)17)20-21(11)9-4-6-10(7-5-9)24(18,22)23/h4-7H,8H2,1-3H3,(H2,18,22,23). The molecular formula is C14H17F3N4O2S. The van der Waals surface area contributed by atoms with Crippen LogP contribution < -0.4 is 5.14 Å². The minimum absolute atomic E-state index is 0.137. The van der Waals surface area contributed by atoms with Crippen molar-refractivity contribution in [3.8, 4) is 5.69 Å². The Bertz CT molecular complexity index is 834. The monoisotopic (exact) mass is 362 g/mol. The van der Waals surface area contributed by atoms with E-state index in [2.05, 4.69) is 10.1 Å². The van der Waals surface area contributed by atoms with Crippen LogP contribution in [0.3, 0.4) is 0 Å². The van der Waals surface area contributed by atoms with Gasteiger partial charge in [0.25, 0.3) is 5.82 Å². The van der Waals surface area contributed by atoms with Crippen molar-refractivity contribution >= 4 is 10.0 Å². The van der Waals surface area contributed by atoms with Gasteiger partial charge in [-0.25, -0.2) is 23.2 Å². The van der Waals surface area contributed by atoms with Gasteiger partial charge < -0.3 is 0 Å². The van der Waals surface area contributed by atoms with Crippen molar-refractivity contribution in [1.29, 1.82) is 0 Å². The Labute approximate surface area is 137 Å². The first-order chi connectivity index (χ1) is 10.8. The quantitative estimate of drug-likeness (QED) is 0.908. The number of nitrogens with zero attached hydrogens (tertiary/aromatic N) is 3. The molecule has 0 aliphatic heterocycles. The number of sulfonamides is 1. The highest BCUT2D eigenvalue weighted by Gasteiger charge is 2.37. The summed E-state index contributed by atoms with van der Waals surface area (Å²) in [5.41, 5.74) is -0.0431. The number of halogens is 3. The Hall–Kier alpha value is -1.94. The van der Waals surface area contributed by atoms with Crippen LogP contribution in [0.4, 0.5) is 13.2 Å². The number of rotatable bonds is 3. The molecule has 2 aromatic rings.